The minimum absolute atomic E-state index is 0. The number of aryl methyl sites for hydroxylation is 1. The standard InChI is InChI=1S/C22H36N6O.HI/c1-5-23-22(24-13-9-15-28-16-10-14-26-28)25-18-21(27(6-2)7-3)19-11-8-12-20(17-19)29-4;/h8,10-12,14,16-17,21H,5-7,9,13,15,18H2,1-4H3,(H2,23,24,25);1H. The second-order valence-corrected chi connectivity index (χ2v) is 6.78. The van der Waals surface area contributed by atoms with Crippen LogP contribution >= 0.6 is 24.0 Å². The average molecular weight is 528 g/mol. The minimum atomic E-state index is 0. The largest absolute Gasteiger partial charge is 0.497 e. The van der Waals surface area contributed by atoms with Crippen LogP contribution in [0.4, 0.5) is 0 Å². The first-order chi connectivity index (χ1) is 14.2. The van der Waals surface area contributed by atoms with Crippen molar-refractivity contribution in [3.8, 4) is 5.75 Å². The van der Waals surface area contributed by atoms with Crippen molar-refractivity contribution in [2.24, 2.45) is 4.99 Å². The summed E-state index contributed by atoms with van der Waals surface area (Å²) in [6.07, 6.45) is 4.79. The van der Waals surface area contributed by atoms with E-state index in [4.69, 9.17) is 9.73 Å². The molecule has 8 heteroatoms. The molecule has 7 nitrogen and oxygen atoms in total. The lowest BCUT2D eigenvalue weighted by Crippen LogP contribution is -2.39. The number of likely N-dealkylation sites (N-methyl/N-ethyl adjacent to an activating group) is 1. The number of rotatable bonds is 12. The summed E-state index contributed by atoms with van der Waals surface area (Å²) in [5, 5.41) is 11.0. The van der Waals surface area contributed by atoms with Crippen molar-refractivity contribution < 1.29 is 4.74 Å². The predicted octanol–water partition coefficient (Wildman–Crippen LogP) is 3.54. The summed E-state index contributed by atoms with van der Waals surface area (Å²) in [6, 6.07) is 10.5. The van der Waals surface area contributed by atoms with E-state index >= 15 is 0 Å². The highest BCUT2D eigenvalue weighted by atomic mass is 127. The molecule has 0 saturated carbocycles. The quantitative estimate of drug-likeness (QED) is 0.191. The lowest BCUT2D eigenvalue weighted by atomic mass is 10.0. The molecule has 0 bridgehead atoms. The molecule has 0 spiro atoms. The maximum Gasteiger partial charge on any atom is 0.191 e. The van der Waals surface area contributed by atoms with Gasteiger partial charge in [0.25, 0.3) is 0 Å². The van der Waals surface area contributed by atoms with Gasteiger partial charge in [-0.3, -0.25) is 14.6 Å². The van der Waals surface area contributed by atoms with Gasteiger partial charge >= 0.3 is 0 Å². The third kappa shape index (κ3) is 8.51. The molecule has 2 rings (SSSR count). The first-order valence-electron chi connectivity index (χ1n) is 10.6. The number of benzene rings is 1. The Morgan fingerprint density at radius 3 is 2.63 bits per heavy atom. The van der Waals surface area contributed by atoms with Gasteiger partial charge in [0.1, 0.15) is 5.75 Å². The Kier molecular flexibility index (Phi) is 13.2. The van der Waals surface area contributed by atoms with Crippen LogP contribution in [0.5, 0.6) is 5.75 Å². The topological polar surface area (TPSA) is 66.7 Å². The Morgan fingerprint density at radius 1 is 1.20 bits per heavy atom. The zero-order valence-electron chi connectivity index (χ0n) is 18.7. The molecular formula is C22H37IN6O. The monoisotopic (exact) mass is 528 g/mol. The van der Waals surface area contributed by atoms with Crippen LogP contribution in [0.3, 0.4) is 0 Å². The summed E-state index contributed by atoms with van der Waals surface area (Å²) in [5.74, 6) is 1.74. The summed E-state index contributed by atoms with van der Waals surface area (Å²) in [5.41, 5.74) is 1.23. The Morgan fingerprint density at radius 2 is 2.00 bits per heavy atom. The van der Waals surface area contributed by atoms with Gasteiger partial charge in [0.05, 0.1) is 19.7 Å². The summed E-state index contributed by atoms with van der Waals surface area (Å²) in [7, 11) is 1.71. The maximum absolute atomic E-state index is 5.43. The van der Waals surface area contributed by atoms with Gasteiger partial charge in [-0.2, -0.15) is 5.10 Å². The molecule has 1 aromatic carbocycles. The molecule has 0 fully saturated rings. The number of nitrogens with one attached hydrogen (secondary N) is 2. The minimum Gasteiger partial charge on any atom is -0.497 e. The van der Waals surface area contributed by atoms with E-state index in [1.807, 2.05) is 35.3 Å². The fraction of sp³-hybridized carbons (Fsp3) is 0.545. The summed E-state index contributed by atoms with van der Waals surface area (Å²) >= 11 is 0. The van der Waals surface area contributed by atoms with Gasteiger partial charge < -0.3 is 15.4 Å². The highest BCUT2D eigenvalue weighted by Gasteiger charge is 2.18. The zero-order chi connectivity index (χ0) is 20.9. The Labute approximate surface area is 198 Å². The van der Waals surface area contributed by atoms with Crippen molar-refractivity contribution in [2.75, 3.05) is 39.8 Å². The van der Waals surface area contributed by atoms with Crippen molar-refractivity contribution in [1.82, 2.24) is 25.3 Å². The van der Waals surface area contributed by atoms with Crippen LogP contribution in [-0.4, -0.2) is 60.5 Å². The summed E-state index contributed by atoms with van der Waals surface area (Å²) in [4.78, 5) is 7.32. The van der Waals surface area contributed by atoms with E-state index in [9.17, 15) is 0 Å². The second kappa shape index (κ2) is 15.1. The molecular weight excluding hydrogens is 491 g/mol. The normalized spacial score (nSPS) is 12.4. The fourth-order valence-electron chi connectivity index (χ4n) is 3.34. The number of methoxy groups -OCH3 is 1. The van der Waals surface area contributed by atoms with Gasteiger partial charge in [-0.05, 0) is 50.2 Å². The van der Waals surface area contributed by atoms with Crippen molar-refractivity contribution in [2.45, 2.75) is 39.8 Å². The molecule has 1 aromatic heterocycles. The van der Waals surface area contributed by atoms with Gasteiger partial charge in [-0.1, -0.05) is 26.0 Å². The molecule has 0 amide bonds. The van der Waals surface area contributed by atoms with E-state index in [-0.39, 0.29) is 30.0 Å². The number of nitrogens with zero attached hydrogens (tertiary/aromatic N) is 4. The van der Waals surface area contributed by atoms with Crippen LogP contribution in [0.25, 0.3) is 0 Å². The number of guanidine groups is 1. The van der Waals surface area contributed by atoms with E-state index in [0.29, 0.717) is 6.54 Å². The second-order valence-electron chi connectivity index (χ2n) is 6.78. The average Bonchev–Trinajstić information content (AvgIpc) is 3.27. The van der Waals surface area contributed by atoms with Crippen LogP contribution in [0, 0.1) is 0 Å². The SMILES string of the molecule is CCNC(=NCC(c1cccc(OC)c1)N(CC)CC)NCCCn1cccn1.I. The Bertz CT molecular complexity index is 718. The first-order valence-corrected chi connectivity index (χ1v) is 10.6. The van der Waals surface area contributed by atoms with Crippen LogP contribution < -0.4 is 15.4 Å². The van der Waals surface area contributed by atoms with Crippen molar-refractivity contribution in [3.63, 3.8) is 0 Å². The Hall–Kier alpha value is -1.81. The number of ether oxygens (including phenoxy) is 1. The summed E-state index contributed by atoms with van der Waals surface area (Å²) in [6.45, 7) is 11.7. The molecule has 0 aliphatic rings. The lowest BCUT2D eigenvalue weighted by molar-refractivity contribution is 0.224. The molecule has 0 radical (unpaired) electrons. The number of halogens is 1. The maximum atomic E-state index is 5.43. The smallest absolute Gasteiger partial charge is 0.191 e. The van der Waals surface area contributed by atoms with Gasteiger partial charge in [0.15, 0.2) is 5.96 Å². The third-order valence-corrected chi connectivity index (χ3v) is 4.91. The number of aromatic nitrogens is 2. The lowest BCUT2D eigenvalue weighted by Gasteiger charge is -2.29. The highest BCUT2D eigenvalue weighted by Crippen LogP contribution is 2.24. The van der Waals surface area contributed by atoms with Crippen molar-refractivity contribution in [3.05, 3.63) is 48.3 Å². The van der Waals surface area contributed by atoms with Crippen molar-refractivity contribution >= 4 is 29.9 Å². The van der Waals surface area contributed by atoms with Crippen LogP contribution in [-0.2, 0) is 6.54 Å². The first kappa shape index (κ1) is 26.2. The van der Waals surface area contributed by atoms with E-state index in [0.717, 1.165) is 50.9 Å². The molecule has 1 heterocycles. The predicted molar refractivity (Wildman–Crippen MR) is 135 cm³/mol. The van der Waals surface area contributed by atoms with Crippen molar-refractivity contribution in [1.29, 1.82) is 0 Å². The van der Waals surface area contributed by atoms with Gasteiger partial charge in [-0.15, -0.1) is 24.0 Å². The van der Waals surface area contributed by atoms with Crippen LogP contribution in [0.1, 0.15) is 38.8 Å². The zero-order valence-corrected chi connectivity index (χ0v) is 21.0. The molecule has 1 atom stereocenters. The highest BCUT2D eigenvalue weighted by molar-refractivity contribution is 14.0. The van der Waals surface area contributed by atoms with Gasteiger partial charge in [-0.25, -0.2) is 0 Å². The molecule has 30 heavy (non-hydrogen) atoms. The molecule has 2 aromatic rings. The number of hydrogen-bond acceptors (Lipinski definition) is 4. The van der Waals surface area contributed by atoms with Gasteiger partial charge in [0.2, 0.25) is 0 Å². The van der Waals surface area contributed by atoms with E-state index in [1.54, 1.807) is 7.11 Å². The molecule has 168 valence electrons. The molecule has 2 N–H and O–H groups in total. The van der Waals surface area contributed by atoms with Gasteiger partial charge in [0, 0.05) is 32.0 Å². The molecule has 1 unspecified atom stereocenters. The molecule has 0 saturated heterocycles. The Balaban J connectivity index is 0.00000450. The third-order valence-electron chi connectivity index (χ3n) is 4.91. The summed E-state index contributed by atoms with van der Waals surface area (Å²) < 4.78 is 7.38. The molecule has 0 aliphatic carbocycles. The van der Waals surface area contributed by atoms with E-state index in [2.05, 4.69) is 53.5 Å². The van der Waals surface area contributed by atoms with Crippen LogP contribution in [0.15, 0.2) is 47.7 Å². The number of aliphatic imine (C=N–C) groups is 1. The number of hydrogen-bond donors (Lipinski definition) is 2. The molecule has 0 aliphatic heterocycles. The van der Waals surface area contributed by atoms with Crippen LogP contribution in [0.2, 0.25) is 0 Å². The van der Waals surface area contributed by atoms with E-state index in [1.165, 1.54) is 5.56 Å². The fourth-order valence-corrected chi connectivity index (χ4v) is 3.34. The van der Waals surface area contributed by atoms with E-state index < -0.39 is 0 Å².